The normalized spacial score (nSPS) is 33.9. The first-order valence-corrected chi connectivity index (χ1v) is 9.12. The van der Waals surface area contributed by atoms with Crippen LogP contribution in [0.15, 0.2) is 29.2 Å². The average molecular weight is 309 g/mol. The van der Waals surface area contributed by atoms with Crippen LogP contribution in [0.25, 0.3) is 0 Å². The minimum absolute atomic E-state index is 0.0462. The molecule has 116 valence electrons. The minimum atomic E-state index is -3.46. The maximum Gasteiger partial charge on any atom is 0.243 e. The molecule has 0 spiro atoms. The second-order valence-electron chi connectivity index (χ2n) is 6.51. The summed E-state index contributed by atoms with van der Waals surface area (Å²) in [5.41, 5.74) is 1.05. The number of nitrogens with zero attached hydrogens (tertiary/aromatic N) is 1. The highest BCUT2D eigenvalue weighted by atomic mass is 32.2. The van der Waals surface area contributed by atoms with Crippen LogP contribution >= 0.6 is 0 Å². The van der Waals surface area contributed by atoms with E-state index in [-0.39, 0.29) is 24.0 Å². The van der Waals surface area contributed by atoms with Gasteiger partial charge in [-0.25, -0.2) is 8.42 Å². The van der Waals surface area contributed by atoms with Crippen molar-refractivity contribution in [1.82, 2.24) is 4.31 Å². The Morgan fingerprint density at radius 2 is 1.86 bits per heavy atom. The Morgan fingerprint density at radius 1 is 1.19 bits per heavy atom. The molecule has 2 aliphatic rings. The molecule has 0 aromatic heterocycles. The fraction of sp³-hybridized carbons (Fsp3) is 0.625. The van der Waals surface area contributed by atoms with Gasteiger partial charge in [0.15, 0.2) is 0 Å². The summed E-state index contributed by atoms with van der Waals surface area (Å²) in [6, 6.07) is 6.98. The first-order chi connectivity index (χ1) is 9.91. The second-order valence-corrected chi connectivity index (χ2v) is 8.40. The van der Waals surface area contributed by atoms with E-state index in [1.165, 1.54) is 0 Å². The molecule has 2 unspecified atom stereocenters. The molecule has 1 saturated heterocycles. The molecule has 3 rings (SSSR count). The fourth-order valence-corrected chi connectivity index (χ4v) is 5.72. The number of aliphatic hydroxyl groups is 1. The molecule has 5 heteroatoms. The van der Waals surface area contributed by atoms with Crippen LogP contribution in [0.2, 0.25) is 0 Å². The van der Waals surface area contributed by atoms with Gasteiger partial charge >= 0.3 is 0 Å². The van der Waals surface area contributed by atoms with Crippen molar-refractivity contribution in [2.45, 2.75) is 50.2 Å². The van der Waals surface area contributed by atoms with Crippen molar-refractivity contribution in [3.63, 3.8) is 0 Å². The van der Waals surface area contributed by atoms with E-state index in [2.05, 4.69) is 6.92 Å². The first kappa shape index (κ1) is 15.0. The van der Waals surface area contributed by atoms with E-state index in [4.69, 9.17) is 0 Å². The van der Waals surface area contributed by atoms with E-state index in [0.29, 0.717) is 11.4 Å². The zero-order valence-corrected chi connectivity index (χ0v) is 13.4. The van der Waals surface area contributed by atoms with Gasteiger partial charge in [0.2, 0.25) is 10.0 Å². The smallest absolute Gasteiger partial charge is 0.243 e. The van der Waals surface area contributed by atoms with Crippen LogP contribution in [0, 0.1) is 18.8 Å². The third-order valence-electron chi connectivity index (χ3n) is 5.01. The van der Waals surface area contributed by atoms with E-state index in [1.807, 2.05) is 19.1 Å². The molecule has 1 heterocycles. The van der Waals surface area contributed by atoms with Crippen molar-refractivity contribution in [2.24, 2.45) is 11.8 Å². The van der Waals surface area contributed by atoms with E-state index in [9.17, 15) is 13.5 Å². The largest absolute Gasteiger partial charge is 0.393 e. The maximum absolute atomic E-state index is 12.9. The molecule has 4 nitrogen and oxygen atoms in total. The highest BCUT2D eigenvalue weighted by Gasteiger charge is 2.49. The maximum atomic E-state index is 12.9. The number of aryl methyl sites for hydroxylation is 1. The van der Waals surface area contributed by atoms with Gasteiger partial charge in [0.1, 0.15) is 0 Å². The van der Waals surface area contributed by atoms with Gasteiger partial charge in [-0.3, -0.25) is 0 Å². The standard InChI is InChI=1S/C16H23NO3S/c1-11-6-8-13(9-7-11)21(19,20)17-10-12(2)16-14(17)4-3-5-15(16)18/h6-9,12,14-16,18H,3-5,10H2,1-2H3/t12?,14-,15?,16-/m1/s1. The zero-order valence-electron chi connectivity index (χ0n) is 12.6. The van der Waals surface area contributed by atoms with Crippen LogP contribution in [0.4, 0.5) is 0 Å². The first-order valence-electron chi connectivity index (χ1n) is 7.68. The highest BCUT2D eigenvalue weighted by Crippen LogP contribution is 2.42. The summed E-state index contributed by atoms with van der Waals surface area (Å²) < 4.78 is 27.4. The molecule has 0 amide bonds. The van der Waals surface area contributed by atoms with E-state index >= 15 is 0 Å². The van der Waals surface area contributed by atoms with Crippen molar-refractivity contribution in [1.29, 1.82) is 0 Å². The Morgan fingerprint density at radius 3 is 2.52 bits per heavy atom. The summed E-state index contributed by atoms with van der Waals surface area (Å²) in [7, 11) is -3.46. The van der Waals surface area contributed by atoms with Crippen LogP contribution in [0.3, 0.4) is 0 Å². The summed E-state index contributed by atoms with van der Waals surface area (Å²) >= 11 is 0. The molecule has 21 heavy (non-hydrogen) atoms. The molecule has 1 aliphatic carbocycles. The van der Waals surface area contributed by atoms with Gasteiger partial charge in [0, 0.05) is 18.5 Å². The molecule has 2 fully saturated rings. The lowest BCUT2D eigenvalue weighted by atomic mass is 9.78. The van der Waals surface area contributed by atoms with Gasteiger partial charge in [0.25, 0.3) is 0 Å². The number of hydrogen-bond acceptors (Lipinski definition) is 3. The van der Waals surface area contributed by atoms with Crippen LogP contribution in [0.5, 0.6) is 0 Å². The number of sulfonamides is 1. The zero-order chi connectivity index (χ0) is 15.2. The Bertz CT molecular complexity index is 611. The molecule has 1 N–H and O–H groups in total. The van der Waals surface area contributed by atoms with Crippen LogP contribution in [-0.2, 0) is 10.0 Å². The van der Waals surface area contributed by atoms with Gasteiger partial charge in [-0.1, -0.05) is 24.6 Å². The van der Waals surface area contributed by atoms with Crippen molar-refractivity contribution >= 4 is 10.0 Å². The topological polar surface area (TPSA) is 57.6 Å². The van der Waals surface area contributed by atoms with Gasteiger partial charge in [-0.05, 0) is 44.2 Å². The third-order valence-corrected chi connectivity index (χ3v) is 6.92. The van der Waals surface area contributed by atoms with Gasteiger partial charge < -0.3 is 5.11 Å². The number of hydrogen-bond donors (Lipinski definition) is 1. The van der Waals surface area contributed by atoms with E-state index < -0.39 is 10.0 Å². The van der Waals surface area contributed by atoms with Crippen molar-refractivity contribution in [3.05, 3.63) is 29.8 Å². The third kappa shape index (κ3) is 2.51. The Balaban J connectivity index is 1.94. The Kier molecular flexibility index (Phi) is 3.84. The molecule has 1 aliphatic heterocycles. The number of benzene rings is 1. The molecular weight excluding hydrogens is 286 g/mol. The molecule has 0 bridgehead atoms. The minimum Gasteiger partial charge on any atom is -0.393 e. The molecule has 0 radical (unpaired) electrons. The highest BCUT2D eigenvalue weighted by molar-refractivity contribution is 7.89. The summed E-state index contributed by atoms with van der Waals surface area (Å²) in [4.78, 5) is 0.362. The van der Waals surface area contributed by atoms with Gasteiger partial charge in [-0.2, -0.15) is 4.31 Å². The fourth-order valence-electron chi connectivity index (χ4n) is 3.93. The quantitative estimate of drug-likeness (QED) is 0.911. The SMILES string of the molecule is Cc1ccc(S(=O)(=O)N2CC(C)[C@H]3C(O)CCC[C@H]32)cc1. The number of rotatable bonds is 2. The van der Waals surface area contributed by atoms with Gasteiger partial charge in [-0.15, -0.1) is 0 Å². The van der Waals surface area contributed by atoms with Crippen LogP contribution in [0.1, 0.15) is 31.7 Å². The molecule has 1 saturated carbocycles. The monoisotopic (exact) mass is 309 g/mol. The van der Waals surface area contributed by atoms with E-state index in [1.54, 1.807) is 16.4 Å². The van der Waals surface area contributed by atoms with Crippen LogP contribution < -0.4 is 0 Å². The predicted octanol–water partition coefficient (Wildman–Crippen LogP) is 2.17. The second kappa shape index (κ2) is 5.38. The van der Waals surface area contributed by atoms with Crippen molar-refractivity contribution < 1.29 is 13.5 Å². The Labute approximate surface area is 126 Å². The lowest BCUT2D eigenvalue weighted by molar-refractivity contribution is 0.0406. The van der Waals surface area contributed by atoms with Gasteiger partial charge in [0.05, 0.1) is 11.0 Å². The summed E-state index contributed by atoms with van der Waals surface area (Å²) in [6.45, 7) is 4.52. The lowest BCUT2D eigenvalue weighted by Gasteiger charge is -2.35. The molecule has 4 atom stereocenters. The van der Waals surface area contributed by atoms with E-state index in [0.717, 1.165) is 24.8 Å². The van der Waals surface area contributed by atoms with Crippen LogP contribution in [-0.4, -0.2) is 36.5 Å². The summed E-state index contributed by atoms with van der Waals surface area (Å²) in [5, 5.41) is 10.2. The summed E-state index contributed by atoms with van der Waals surface area (Å²) in [6.07, 6.45) is 2.19. The molecule has 1 aromatic rings. The average Bonchev–Trinajstić information content (AvgIpc) is 2.79. The summed E-state index contributed by atoms with van der Waals surface area (Å²) in [5.74, 6) is 0.296. The predicted molar refractivity (Wildman–Crippen MR) is 81.4 cm³/mol. The Hall–Kier alpha value is -0.910. The van der Waals surface area contributed by atoms with Crippen molar-refractivity contribution in [2.75, 3.05) is 6.54 Å². The number of aliphatic hydroxyl groups excluding tert-OH is 1. The molecule has 1 aromatic carbocycles. The number of fused-ring (bicyclic) bond motifs is 1. The lowest BCUT2D eigenvalue weighted by Crippen LogP contribution is -2.43. The molecular formula is C16H23NO3S. The van der Waals surface area contributed by atoms with Crippen molar-refractivity contribution in [3.8, 4) is 0 Å².